The molecule has 0 amide bonds. The number of H-pyrrole nitrogens is 1. The van der Waals surface area contributed by atoms with Crippen molar-refractivity contribution in [3.05, 3.63) is 52.4 Å². The maximum Gasteiger partial charge on any atom is 0.417 e. The molecule has 31 heavy (non-hydrogen) atoms. The number of aromatic nitrogens is 6. The van der Waals surface area contributed by atoms with Crippen molar-refractivity contribution in [3.8, 4) is 22.8 Å². The van der Waals surface area contributed by atoms with E-state index in [0.717, 1.165) is 22.7 Å². The van der Waals surface area contributed by atoms with Crippen LogP contribution >= 0.6 is 0 Å². The summed E-state index contributed by atoms with van der Waals surface area (Å²) in [7, 11) is 0. The first-order valence-electron chi connectivity index (χ1n) is 8.83. The molecule has 0 spiro atoms. The zero-order valence-electron chi connectivity index (χ0n) is 16.0. The lowest BCUT2D eigenvalue weighted by Gasteiger charge is -2.06. The van der Waals surface area contributed by atoms with Gasteiger partial charge in [0.25, 0.3) is 11.4 Å². The van der Waals surface area contributed by atoms with E-state index in [2.05, 4.69) is 25.3 Å². The molecule has 0 radical (unpaired) electrons. The molecule has 1 N–H and O–H groups in total. The fourth-order valence-electron chi connectivity index (χ4n) is 2.66. The lowest BCUT2D eigenvalue weighted by atomic mass is 10.2. The second kappa shape index (κ2) is 7.34. The van der Waals surface area contributed by atoms with Crippen LogP contribution in [0.4, 0.5) is 13.2 Å². The van der Waals surface area contributed by atoms with Crippen molar-refractivity contribution in [1.82, 2.24) is 29.8 Å². The van der Waals surface area contributed by atoms with E-state index in [1.54, 1.807) is 13.8 Å². The number of carbonyl (C=O) groups excluding carboxylic acids is 1. The lowest BCUT2D eigenvalue weighted by molar-refractivity contribution is -0.137. The number of nitrogens with one attached hydrogen (secondary N) is 1. The number of carbonyl (C=O) groups is 1. The van der Waals surface area contributed by atoms with Gasteiger partial charge in [-0.15, -0.1) is 10.2 Å². The molecule has 0 saturated heterocycles. The van der Waals surface area contributed by atoms with E-state index in [0.29, 0.717) is 6.20 Å². The number of hydrogen-bond donors (Lipinski definition) is 1. The Morgan fingerprint density at radius 2 is 2.00 bits per heavy atom. The smallest absolute Gasteiger partial charge is 0.417 e. The predicted octanol–water partition coefficient (Wildman–Crippen LogP) is 2.72. The summed E-state index contributed by atoms with van der Waals surface area (Å²) in [4.78, 5) is 32.4. The predicted molar refractivity (Wildman–Crippen MR) is 97.9 cm³/mol. The molecule has 13 heteroatoms. The molecule has 0 unspecified atom stereocenters. The topological polar surface area (TPSA) is 128 Å². The van der Waals surface area contributed by atoms with Crippen molar-refractivity contribution < 1.29 is 27.1 Å². The number of fused-ring (bicyclic) bond motifs is 1. The highest BCUT2D eigenvalue weighted by Crippen LogP contribution is 2.29. The van der Waals surface area contributed by atoms with Crippen LogP contribution in [0.1, 0.15) is 30.1 Å². The molecule has 0 aliphatic carbocycles. The lowest BCUT2D eigenvalue weighted by Crippen LogP contribution is -2.14. The number of rotatable bonds is 4. The Kier molecular flexibility index (Phi) is 4.79. The van der Waals surface area contributed by atoms with Crippen molar-refractivity contribution in [1.29, 1.82) is 0 Å². The molecular weight excluding hydrogens is 421 g/mol. The molecule has 4 aromatic rings. The average Bonchev–Trinajstić information content (AvgIpc) is 3.34. The van der Waals surface area contributed by atoms with Crippen LogP contribution in [-0.4, -0.2) is 41.9 Å². The second-order valence-electron chi connectivity index (χ2n) is 6.62. The molecule has 4 aromatic heterocycles. The highest BCUT2D eigenvalue weighted by atomic mass is 19.4. The molecular formula is C18H13F3N6O4. The summed E-state index contributed by atoms with van der Waals surface area (Å²) in [6.45, 7) is 3.31. The molecule has 0 atom stereocenters. The van der Waals surface area contributed by atoms with Gasteiger partial charge in [-0.3, -0.25) is 14.9 Å². The normalized spacial score (nSPS) is 11.9. The largest absolute Gasteiger partial charge is 0.456 e. The number of alkyl halides is 3. The summed E-state index contributed by atoms with van der Waals surface area (Å²) < 4.78 is 49.6. The Labute approximate surface area is 170 Å². The van der Waals surface area contributed by atoms with Crippen molar-refractivity contribution in [2.75, 3.05) is 0 Å². The maximum absolute atomic E-state index is 12.8. The van der Waals surface area contributed by atoms with Crippen LogP contribution < -0.4 is 5.56 Å². The summed E-state index contributed by atoms with van der Waals surface area (Å²) >= 11 is 0. The van der Waals surface area contributed by atoms with Crippen molar-refractivity contribution in [2.45, 2.75) is 26.1 Å². The standard InChI is InChI=1S/C18H13F3N6O4/c1-8(2)30-17(29)16-26-25-15(31-16)10-7-23-27-13(28)5-12(24-14(10)27)11-4-3-9(6-22-11)18(19,20)21/h3-8,23H,1-2H3. The van der Waals surface area contributed by atoms with Crippen LogP contribution in [0.5, 0.6) is 0 Å². The Bertz CT molecular complexity index is 1320. The van der Waals surface area contributed by atoms with Crippen LogP contribution in [-0.2, 0) is 10.9 Å². The number of ether oxygens (including phenoxy) is 1. The SMILES string of the molecule is CC(C)OC(=O)c1nnc(-c2c[nH]n3c(=O)cc(-c4ccc(C(F)(F)F)cn4)nc23)o1. The van der Waals surface area contributed by atoms with Crippen LogP contribution in [0.15, 0.2) is 39.8 Å². The third-order valence-electron chi connectivity index (χ3n) is 4.02. The van der Waals surface area contributed by atoms with Gasteiger partial charge in [0.15, 0.2) is 5.65 Å². The molecule has 0 aliphatic heterocycles. The quantitative estimate of drug-likeness (QED) is 0.486. The molecule has 0 bridgehead atoms. The fourth-order valence-corrected chi connectivity index (χ4v) is 2.66. The number of halogens is 3. The monoisotopic (exact) mass is 434 g/mol. The van der Waals surface area contributed by atoms with Crippen LogP contribution in [0.3, 0.4) is 0 Å². The second-order valence-corrected chi connectivity index (χ2v) is 6.62. The van der Waals surface area contributed by atoms with Crippen LogP contribution in [0.2, 0.25) is 0 Å². The van der Waals surface area contributed by atoms with Crippen molar-refractivity contribution in [2.24, 2.45) is 0 Å². The molecule has 10 nitrogen and oxygen atoms in total. The first kappa shape index (κ1) is 20.3. The fraction of sp³-hybridized carbons (Fsp3) is 0.222. The number of hydrogen-bond acceptors (Lipinski definition) is 8. The summed E-state index contributed by atoms with van der Waals surface area (Å²) in [6.07, 6.45) is -2.92. The molecule has 160 valence electrons. The van der Waals surface area contributed by atoms with Gasteiger partial charge in [0.1, 0.15) is 5.56 Å². The Balaban J connectivity index is 1.75. The minimum atomic E-state index is -4.54. The molecule has 4 rings (SSSR count). The molecule has 0 saturated carbocycles. The zero-order valence-corrected chi connectivity index (χ0v) is 16.0. The van der Waals surface area contributed by atoms with Crippen molar-refractivity contribution >= 4 is 11.6 Å². The number of esters is 1. The van der Waals surface area contributed by atoms with Crippen molar-refractivity contribution in [3.63, 3.8) is 0 Å². The number of pyridine rings is 1. The van der Waals surface area contributed by atoms with Gasteiger partial charge in [0.05, 0.1) is 23.1 Å². The van der Waals surface area contributed by atoms with Gasteiger partial charge in [-0.1, -0.05) is 0 Å². The van der Waals surface area contributed by atoms with Crippen LogP contribution in [0, 0.1) is 0 Å². The Morgan fingerprint density at radius 3 is 2.65 bits per heavy atom. The highest BCUT2D eigenvalue weighted by Gasteiger charge is 2.30. The van der Waals surface area contributed by atoms with Gasteiger partial charge in [0, 0.05) is 18.5 Å². The van der Waals surface area contributed by atoms with E-state index in [9.17, 15) is 22.8 Å². The molecule has 4 heterocycles. The van der Waals surface area contributed by atoms with E-state index in [4.69, 9.17) is 9.15 Å². The first-order valence-corrected chi connectivity index (χ1v) is 8.83. The highest BCUT2D eigenvalue weighted by molar-refractivity contribution is 5.85. The summed E-state index contributed by atoms with van der Waals surface area (Å²) in [5, 5.41) is 10.1. The van der Waals surface area contributed by atoms with Gasteiger partial charge in [-0.2, -0.15) is 13.2 Å². The maximum atomic E-state index is 12.8. The van der Waals surface area contributed by atoms with E-state index in [-0.39, 0.29) is 34.4 Å². The molecule has 0 fully saturated rings. The van der Waals surface area contributed by atoms with Gasteiger partial charge in [-0.25, -0.2) is 14.3 Å². The number of aromatic amines is 1. The summed E-state index contributed by atoms with van der Waals surface area (Å²) in [5.41, 5.74) is -1.13. The van der Waals surface area contributed by atoms with E-state index in [1.807, 2.05) is 0 Å². The van der Waals surface area contributed by atoms with Gasteiger partial charge >= 0.3 is 18.0 Å². The van der Waals surface area contributed by atoms with E-state index in [1.165, 1.54) is 6.20 Å². The molecule has 0 aromatic carbocycles. The average molecular weight is 434 g/mol. The zero-order chi connectivity index (χ0) is 22.3. The summed E-state index contributed by atoms with van der Waals surface area (Å²) in [5.74, 6) is -1.31. The third kappa shape index (κ3) is 3.89. The van der Waals surface area contributed by atoms with Gasteiger partial charge < -0.3 is 9.15 Å². The first-order chi connectivity index (χ1) is 14.6. The summed E-state index contributed by atoms with van der Waals surface area (Å²) in [6, 6.07) is 3.07. The van der Waals surface area contributed by atoms with E-state index < -0.39 is 29.4 Å². The Morgan fingerprint density at radius 1 is 1.23 bits per heavy atom. The van der Waals surface area contributed by atoms with Gasteiger partial charge in [-0.05, 0) is 26.0 Å². The van der Waals surface area contributed by atoms with E-state index >= 15 is 0 Å². The Hall–Kier alpha value is -4.03. The van der Waals surface area contributed by atoms with Crippen LogP contribution in [0.25, 0.3) is 28.5 Å². The minimum absolute atomic E-state index is 0.0403. The molecule has 0 aliphatic rings. The van der Waals surface area contributed by atoms with Gasteiger partial charge in [0.2, 0.25) is 0 Å². The number of nitrogens with zero attached hydrogens (tertiary/aromatic N) is 5. The minimum Gasteiger partial charge on any atom is -0.456 e. The third-order valence-corrected chi connectivity index (χ3v) is 4.02.